The Bertz CT molecular complexity index is 652. The highest BCUT2D eigenvalue weighted by atomic mass is 14.9. The van der Waals surface area contributed by atoms with Crippen LogP contribution in [0.25, 0.3) is 11.4 Å². The molecule has 3 nitrogen and oxygen atoms in total. The lowest BCUT2D eigenvalue weighted by molar-refractivity contribution is 0.338. The second-order valence-corrected chi connectivity index (χ2v) is 6.07. The maximum atomic E-state index is 9.29. The van der Waals surface area contributed by atoms with E-state index in [2.05, 4.69) is 16.0 Å². The molecule has 1 aromatic carbocycles. The van der Waals surface area contributed by atoms with E-state index in [0.717, 1.165) is 35.8 Å². The van der Waals surface area contributed by atoms with Crippen molar-refractivity contribution in [1.29, 1.82) is 5.26 Å². The Hall–Kier alpha value is -2.21. The van der Waals surface area contributed by atoms with E-state index in [4.69, 9.17) is 0 Å². The molecule has 0 atom stereocenters. The van der Waals surface area contributed by atoms with Gasteiger partial charge in [0.25, 0.3) is 0 Å². The molecule has 0 bridgehead atoms. The second kappa shape index (κ2) is 7.17. The van der Waals surface area contributed by atoms with Gasteiger partial charge in [-0.05, 0) is 18.8 Å². The summed E-state index contributed by atoms with van der Waals surface area (Å²) in [7, 11) is 0. The zero-order chi connectivity index (χ0) is 15.2. The van der Waals surface area contributed by atoms with Crippen LogP contribution in [-0.2, 0) is 6.42 Å². The Labute approximate surface area is 132 Å². The van der Waals surface area contributed by atoms with Gasteiger partial charge in [-0.1, -0.05) is 62.4 Å². The Morgan fingerprint density at radius 1 is 1.09 bits per heavy atom. The van der Waals surface area contributed by atoms with Crippen molar-refractivity contribution in [1.82, 2.24) is 9.97 Å². The third-order valence-electron chi connectivity index (χ3n) is 4.53. The van der Waals surface area contributed by atoms with Crippen LogP contribution < -0.4 is 0 Å². The molecule has 0 radical (unpaired) electrons. The Kier molecular flexibility index (Phi) is 4.80. The van der Waals surface area contributed by atoms with Crippen LogP contribution in [0.5, 0.6) is 0 Å². The van der Waals surface area contributed by atoms with E-state index >= 15 is 0 Å². The van der Waals surface area contributed by atoms with E-state index in [1.54, 1.807) is 6.20 Å². The summed E-state index contributed by atoms with van der Waals surface area (Å²) in [5.74, 6) is 1.52. The Morgan fingerprint density at radius 3 is 2.59 bits per heavy atom. The average molecular weight is 291 g/mol. The summed E-state index contributed by atoms with van der Waals surface area (Å²) in [6.45, 7) is 0. The largest absolute Gasteiger partial charge is 0.235 e. The fraction of sp³-hybridized carbons (Fsp3) is 0.421. The maximum absolute atomic E-state index is 9.29. The molecule has 1 saturated carbocycles. The lowest BCUT2D eigenvalue weighted by Crippen LogP contribution is -2.09. The molecule has 1 aromatic heterocycles. The molecule has 112 valence electrons. The summed E-state index contributed by atoms with van der Waals surface area (Å²) in [5, 5.41) is 9.29. The van der Waals surface area contributed by atoms with Gasteiger partial charge in [0.05, 0.1) is 11.3 Å². The van der Waals surface area contributed by atoms with Gasteiger partial charge in [0.15, 0.2) is 5.82 Å². The average Bonchev–Trinajstić information content (AvgIpc) is 2.61. The van der Waals surface area contributed by atoms with Crippen molar-refractivity contribution in [2.45, 2.75) is 44.9 Å². The van der Waals surface area contributed by atoms with E-state index in [1.807, 2.05) is 30.3 Å². The van der Waals surface area contributed by atoms with Crippen LogP contribution in [0.2, 0.25) is 0 Å². The number of rotatable bonds is 4. The highest BCUT2D eigenvalue weighted by molar-refractivity contribution is 5.55. The first-order valence-corrected chi connectivity index (χ1v) is 8.18. The number of benzene rings is 1. The fourth-order valence-corrected chi connectivity index (χ4v) is 3.24. The molecule has 1 fully saturated rings. The predicted octanol–water partition coefficient (Wildman–Crippen LogP) is 4.53. The topological polar surface area (TPSA) is 49.6 Å². The standard InChI is InChI=1S/C19H21N3/c20-13-17-14-21-19(16-9-5-2-6-10-16)22-18(17)12-11-15-7-3-1-4-8-15/h2,5-6,9-10,14-15H,1,3-4,7-8,11-12H2. The minimum atomic E-state index is 0.621. The van der Waals surface area contributed by atoms with Crippen LogP contribution in [0.15, 0.2) is 36.5 Å². The van der Waals surface area contributed by atoms with Crippen molar-refractivity contribution >= 4 is 0 Å². The summed E-state index contributed by atoms with van der Waals surface area (Å²) in [5.41, 5.74) is 2.53. The van der Waals surface area contributed by atoms with Crippen LogP contribution in [0, 0.1) is 17.2 Å². The lowest BCUT2D eigenvalue weighted by Gasteiger charge is -2.21. The minimum Gasteiger partial charge on any atom is -0.235 e. The molecule has 1 aliphatic rings. The van der Waals surface area contributed by atoms with Gasteiger partial charge >= 0.3 is 0 Å². The Morgan fingerprint density at radius 2 is 1.86 bits per heavy atom. The van der Waals surface area contributed by atoms with E-state index in [-0.39, 0.29) is 0 Å². The molecule has 0 amide bonds. The molecular formula is C19H21N3. The van der Waals surface area contributed by atoms with Gasteiger partial charge < -0.3 is 0 Å². The van der Waals surface area contributed by atoms with Crippen LogP contribution in [0.1, 0.15) is 49.8 Å². The van der Waals surface area contributed by atoms with Crippen molar-refractivity contribution in [2.75, 3.05) is 0 Å². The maximum Gasteiger partial charge on any atom is 0.159 e. The molecule has 3 rings (SSSR count). The molecule has 1 heterocycles. The van der Waals surface area contributed by atoms with Gasteiger partial charge in [-0.25, -0.2) is 9.97 Å². The molecule has 3 heteroatoms. The quantitative estimate of drug-likeness (QED) is 0.831. The van der Waals surface area contributed by atoms with Crippen molar-refractivity contribution in [2.24, 2.45) is 5.92 Å². The van der Waals surface area contributed by atoms with E-state index in [9.17, 15) is 5.26 Å². The summed E-state index contributed by atoms with van der Waals surface area (Å²) < 4.78 is 0. The van der Waals surface area contributed by atoms with E-state index < -0.39 is 0 Å². The van der Waals surface area contributed by atoms with Gasteiger partial charge in [0, 0.05) is 11.8 Å². The summed E-state index contributed by atoms with van der Waals surface area (Å²) in [4.78, 5) is 9.01. The highest BCUT2D eigenvalue weighted by Gasteiger charge is 2.15. The van der Waals surface area contributed by atoms with Crippen LogP contribution in [0.3, 0.4) is 0 Å². The van der Waals surface area contributed by atoms with Gasteiger partial charge in [-0.3, -0.25) is 0 Å². The molecule has 1 aliphatic carbocycles. The molecule has 2 aromatic rings. The monoisotopic (exact) mass is 291 g/mol. The molecule has 0 unspecified atom stereocenters. The van der Waals surface area contributed by atoms with E-state index in [1.165, 1.54) is 32.1 Å². The number of aromatic nitrogens is 2. The van der Waals surface area contributed by atoms with Crippen LogP contribution in [0.4, 0.5) is 0 Å². The number of hydrogen-bond donors (Lipinski definition) is 0. The molecular weight excluding hydrogens is 270 g/mol. The Balaban J connectivity index is 1.78. The first-order valence-electron chi connectivity index (χ1n) is 8.18. The predicted molar refractivity (Wildman–Crippen MR) is 87.1 cm³/mol. The summed E-state index contributed by atoms with van der Waals surface area (Å²) in [6.07, 6.45) is 10.5. The number of nitriles is 1. The van der Waals surface area contributed by atoms with Crippen molar-refractivity contribution in [3.63, 3.8) is 0 Å². The highest BCUT2D eigenvalue weighted by Crippen LogP contribution is 2.28. The lowest BCUT2D eigenvalue weighted by atomic mass is 9.85. The van der Waals surface area contributed by atoms with Crippen LogP contribution >= 0.6 is 0 Å². The molecule has 22 heavy (non-hydrogen) atoms. The zero-order valence-corrected chi connectivity index (χ0v) is 12.8. The normalized spacial score (nSPS) is 15.4. The first-order chi connectivity index (χ1) is 10.9. The first kappa shape index (κ1) is 14.7. The molecule has 0 aliphatic heterocycles. The molecule has 0 saturated heterocycles. The fourth-order valence-electron chi connectivity index (χ4n) is 3.24. The van der Waals surface area contributed by atoms with Crippen LogP contribution in [-0.4, -0.2) is 9.97 Å². The van der Waals surface area contributed by atoms with Crippen molar-refractivity contribution < 1.29 is 0 Å². The van der Waals surface area contributed by atoms with Gasteiger partial charge in [-0.15, -0.1) is 0 Å². The smallest absolute Gasteiger partial charge is 0.159 e. The number of hydrogen-bond acceptors (Lipinski definition) is 3. The third kappa shape index (κ3) is 3.51. The molecule has 0 spiro atoms. The second-order valence-electron chi connectivity index (χ2n) is 6.07. The third-order valence-corrected chi connectivity index (χ3v) is 4.53. The molecule has 0 N–H and O–H groups in total. The zero-order valence-electron chi connectivity index (χ0n) is 12.8. The summed E-state index contributed by atoms with van der Waals surface area (Å²) in [6, 6.07) is 12.2. The van der Waals surface area contributed by atoms with E-state index in [0.29, 0.717) is 5.56 Å². The number of aryl methyl sites for hydroxylation is 1. The SMILES string of the molecule is N#Cc1cnc(-c2ccccc2)nc1CCC1CCCCC1. The van der Waals surface area contributed by atoms with Crippen molar-refractivity contribution in [3.05, 3.63) is 47.8 Å². The summed E-state index contributed by atoms with van der Waals surface area (Å²) >= 11 is 0. The minimum absolute atomic E-state index is 0.621. The van der Waals surface area contributed by atoms with Gasteiger partial charge in [0.2, 0.25) is 0 Å². The van der Waals surface area contributed by atoms with Gasteiger partial charge in [-0.2, -0.15) is 5.26 Å². The van der Waals surface area contributed by atoms with Crippen molar-refractivity contribution in [3.8, 4) is 17.5 Å². The van der Waals surface area contributed by atoms with Gasteiger partial charge in [0.1, 0.15) is 6.07 Å². The number of nitrogens with zero attached hydrogens (tertiary/aromatic N) is 3.